The van der Waals surface area contributed by atoms with E-state index in [0.29, 0.717) is 29.8 Å². The number of ether oxygens (including phenoxy) is 1. The Morgan fingerprint density at radius 2 is 1.69 bits per heavy atom. The highest BCUT2D eigenvalue weighted by atomic mass is 32.2. The number of alkyl halides is 3. The predicted molar refractivity (Wildman–Crippen MR) is 189 cm³/mol. The van der Waals surface area contributed by atoms with Gasteiger partial charge in [-0.15, -0.1) is 0 Å². The van der Waals surface area contributed by atoms with Gasteiger partial charge in [0.15, 0.2) is 6.10 Å². The number of benzene rings is 2. The number of aliphatic hydroxyl groups excluding tert-OH is 1. The third kappa shape index (κ3) is 10.1. The molecule has 0 spiro atoms. The SMILES string of the molecule is CC(C)(C)CCOc1cccc(-c2ccc3nc2-c2ccccc2CCCCCCN(CCC(O)C(F)(F)F)c2cccc(n2)SN3)c1. The van der Waals surface area contributed by atoms with E-state index < -0.39 is 18.7 Å². The summed E-state index contributed by atoms with van der Waals surface area (Å²) in [6.45, 7) is 7.88. The summed E-state index contributed by atoms with van der Waals surface area (Å²) in [7, 11) is 0. The fourth-order valence-corrected chi connectivity index (χ4v) is 6.26. The molecule has 2 aromatic heterocycles. The van der Waals surface area contributed by atoms with Gasteiger partial charge in [0, 0.05) is 36.2 Å². The normalized spacial score (nSPS) is 15.2. The first-order valence-corrected chi connectivity index (χ1v) is 17.5. The van der Waals surface area contributed by atoms with Crippen LogP contribution in [0.2, 0.25) is 0 Å². The number of aromatic nitrogens is 2. The van der Waals surface area contributed by atoms with E-state index in [1.54, 1.807) is 6.07 Å². The predicted octanol–water partition coefficient (Wildman–Crippen LogP) is 9.98. The van der Waals surface area contributed by atoms with Crippen LogP contribution in [-0.2, 0) is 6.42 Å². The van der Waals surface area contributed by atoms with E-state index in [1.807, 2.05) is 41.3 Å². The van der Waals surface area contributed by atoms with Crippen molar-refractivity contribution in [1.82, 2.24) is 9.97 Å². The number of anilines is 2. The van der Waals surface area contributed by atoms with Crippen LogP contribution in [0.15, 0.2) is 83.9 Å². The first-order chi connectivity index (χ1) is 23.0. The van der Waals surface area contributed by atoms with Crippen LogP contribution < -0.4 is 14.4 Å². The van der Waals surface area contributed by atoms with Gasteiger partial charge >= 0.3 is 6.18 Å². The van der Waals surface area contributed by atoms with Crippen molar-refractivity contribution in [2.75, 3.05) is 29.3 Å². The molecule has 1 aliphatic heterocycles. The summed E-state index contributed by atoms with van der Waals surface area (Å²) in [5.74, 6) is 2.07. The maximum atomic E-state index is 13.1. The number of hydrogen-bond acceptors (Lipinski definition) is 7. The van der Waals surface area contributed by atoms with Gasteiger partial charge < -0.3 is 19.5 Å². The smallest absolute Gasteiger partial charge is 0.414 e. The number of nitrogens with one attached hydrogen (secondary N) is 1. The Morgan fingerprint density at radius 3 is 2.50 bits per heavy atom. The second kappa shape index (κ2) is 16.1. The molecule has 48 heavy (non-hydrogen) atoms. The van der Waals surface area contributed by atoms with Crippen molar-refractivity contribution in [2.45, 2.75) is 83.0 Å². The van der Waals surface area contributed by atoms with Crippen molar-refractivity contribution in [3.05, 3.63) is 84.4 Å². The minimum atomic E-state index is -4.65. The second-order valence-corrected chi connectivity index (χ2v) is 14.3. The first-order valence-electron chi connectivity index (χ1n) is 16.7. The van der Waals surface area contributed by atoms with Crippen LogP contribution in [0.1, 0.15) is 64.9 Å². The van der Waals surface area contributed by atoms with Gasteiger partial charge in [0.1, 0.15) is 22.4 Å². The minimum Gasteiger partial charge on any atom is -0.494 e. The molecule has 0 aliphatic carbocycles. The summed E-state index contributed by atoms with van der Waals surface area (Å²) in [5, 5.41) is 10.3. The molecule has 0 amide bonds. The molecular weight excluding hydrogens is 634 g/mol. The van der Waals surface area contributed by atoms with Crippen molar-refractivity contribution in [1.29, 1.82) is 0 Å². The molecule has 4 bridgehead atoms. The molecule has 1 atom stereocenters. The monoisotopic (exact) mass is 678 g/mol. The molecule has 0 saturated heterocycles. The molecule has 5 rings (SSSR count). The quantitative estimate of drug-likeness (QED) is 0.189. The molecule has 256 valence electrons. The molecule has 2 N–H and O–H groups in total. The average Bonchev–Trinajstić information content (AvgIpc) is 3.05. The van der Waals surface area contributed by atoms with Crippen LogP contribution in [0.4, 0.5) is 24.8 Å². The molecule has 1 unspecified atom stereocenters. The summed E-state index contributed by atoms with van der Waals surface area (Å²) in [6, 6.07) is 26.1. The van der Waals surface area contributed by atoms with E-state index in [9.17, 15) is 18.3 Å². The van der Waals surface area contributed by atoms with Crippen molar-refractivity contribution in [3.63, 3.8) is 0 Å². The molecule has 1 aliphatic rings. The number of fused-ring (bicyclic) bond motifs is 6. The standard InChI is InChI=1S/C38H45F3N4O2S/c1-37(2,3)22-25-47-29-15-10-14-28(26-29)31-19-20-33-42-36(31)30-16-8-7-13-27(30)12-6-4-5-9-23-45(24-21-32(46)38(39,40)41)34-17-11-18-35(43-34)48-44-33/h7-8,10-11,13-20,26,32,46H,4-6,9,12,21-25H2,1-3H3,(H,42,44). The van der Waals surface area contributed by atoms with Crippen LogP contribution in [0.25, 0.3) is 22.4 Å². The Morgan fingerprint density at radius 1 is 0.896 bits per heavy atom. The van der Waals surface area contributed by atoms with Crippen LogP contribution in [0, 0.1) is 5.41 Å². The average molecular weight is 679 g/mol. The van der Waals surface area contributed by atoms with Crippen LogP contribution in [0.3, 0.4) is 0 Å². The Labute approximate surface area is 286 Å². The molecule has 0 fully saturated rings. The van der Waals surface area contributed by atoms with Gasteiger partial charge in [0.2, 0.25) is 0 Å². The molecule has 0 saturated carbocycles. The van der Waals surface area contributed by atoms with E-state index in [4.69, 9.17) is 14.7 Å². The number of aryl methyl sites for hydroxylation is 1. The van der Waals surface area contributed by atoms with Crippen molar-refractivity contribution >= 4 is 23.6 Å². The Balaban J connectivity index is 1.45. The molecule has 4 aromatic rings. The van der Waals surface area contributed by atoms with E-state index in [2.05, 4.69) is 61.9 Å². The number of halogens is 3. The number of rotatable bonds is 7. The number of aliphatic hydroxyl groups is 1. The molecule has 2 aromatic carbocycles. The first kappa shape index (κ1) is 35.5. The lowest BCUT2D eigenvalue weighted by Crippen LogP contribution is -2.35. The zero-order valence-electron chi connectivity index (χ0n) is 27.9. The van der Waals surface area contributed by atoms with Crippen molar-refractivity contribution in [2.24, 2.45) is 5.41 Å². The highest BCUT2D eigenvalue weighted by Gasteiger charge is 2.38. The number of nitrogens with zero attached hydrogens (tertiary/aromatic N) is 3. The molecule has 6 nitrogen and oxygen atoms in total. The maximum Gasteiger partial charge on any atom is 0.414 e. The lowest BCUT2D eigenvalue weighted by molar-refractivity contribution is -0.204. The van der Waals surface area contributed by atoms with E-state index >= 15 is 0 Å². The van der Waals surface area contributed by atoms with Crippen LogP contribution >= 0.6 is 11.9 Å². The topological polar surface area (TPSA) is 70.5 Å². The summed E-state index contributed by atoms with van der Waals surface area (Å²) < 4.78 is 48.7. The Hall–Kier alpha value is -3.76. The number of pyridine rings is 2. The second-order valence-electron chi connectivity index (χ2n) is 13.5. The van der Waals surface area contributed by atoms with Gasteiger partial charge in [-0.1, -0.05) is 76.1 Å². The minimum absolute atomic E-state index is 0.0534. The Bertz CT molecular complexity index is 1640. The highest BCUT2D eigenvalue weighted by Crippen LogP contribution is 2.37. The summed E-state index contributed by atoms with van der Waals surface area (Å²) in [4.78, 5) is 11.7. The van der Waals surface area contributed by atoms with Gasteiger partial charge in [-0.2, -0.15) is 13.2 Å². The molecule has 0 radical (unpaired) electrons. The number of hydrogen-bond donors (Lipinski definition) is 2. The fraction of sp³-hybridized carbons (Fsp3) is 0.421. The van der Waals surface area contributed by atoms with Gasteiger partial charge in [-0.25, -0.2) is 9.97 Å². The van der Waals surface area contributed by atoms with Gasteiger partial charge in [0.05, 0.1) is 12.3 Å². The zero-order valence-corrected chi connectivity index (χ0v) is 28.7. The fourth-order valence-electron chi connectivity index (χ4n) is 5.65. The van der Waals surface area contributed by atoms with Gasteiger partial charge in [-0.05, 0) is 85.0 Å². The molecular formula is C38H45F3N4O2S. The van der Waals surface area contributed by atoms with E-state index in [1.165, 1.54) is 17.5 Å². The summed E-state index contributed by atoms with van der Waals surface area (Å²) in [6.07, 6.45) is -1.91. The maximum absolute atomic E-state index is 13.1. The molecule has 3 heterocycles. The summed E-state index contributed by atoms with van der Waals surface area (Å²) >= 11 is 1.30. The lowest BCUT2D eigenvalue weighted by Gasteiger charge is -2.26. The largest absolute Gasteiger partial charge is 0.494 e. The van der Waals surface area contributed by atoms with Crippen molar-refractivity contribution < 1.29 is 23.0 Å². The van der Waals surface area contributed by atoms with Crippen LogP contribution in [0.5, 0.6) is 5.75 Å². The molecule has 10 heteroatoms. The van der Waals surface area contributed by atoms with Gasteiger partial charge in [0.25, 0.3) is 0 Å². The third-order valence-corrected chi connectivity index (χ3v) is 9.15. The zero-order chi connectivity index (χ0) is 34.1. The van der Waals surface area contributed by atoms with Gasteiger partial charge in [-0.3, -0.25) is 0 Å². The third-order valence-electron chi connectivity index (χ3n) is 8.40. The summed E-state index contributed by atoms with van der Waals surface area (Å²) in [5.41, 5.74) is 5.40. The highest BCUT2D eigenvalue weighted by molar-refractivity contribution is 8.00. The van der Waals surface area contributed by atoms with E-state index in [0.717, 1.165) is 66.7 Å². The Kier molecular flexibility index (Phi) is 11.9. The van der Waals surface area contributed by atoms with Crippen LogP contribution in [-0.4, -0.2) is 47.1 Å². The lowest BCUT2D eigenvalue weighted by atomic mass is 9.93. The van der Waals surface area contributed by atoms with Crippen molar-refractivity contribution in [3.8, 4) is 28.1 Å². The van der Waals surface area contributed by atoms with E-state index in [-0.39, 0.29) is 12.0 Å².